The van der Waals surface area contributed by atoms with Gasteiger partial charge in [-0.1, -0.05) is 15.9 Å². The average molecular weight is 339 g/mol. The molecule has 0 radical (unpaired) electrons. The molecule has 3 heterocycles. The Morgan fingerprint density at radius 2 is 2.30 bits per heavy atom. The number of carbonyl (C=O) groups excluding carboxylic acids is 1. The molecule has 5 heteroatoms. The zero-order valence-corrected chi connectivity index (χ0v) is 13.1. The highest BCUT2D eigenvalue weighted by Crippen LogP contribution is 2.41. The normalized spacial score (nSPS) is 28.1. The number of halogens is 1. The highest BCUT2D eigenvalue weighted by molar-refractivity contribution is 9.10. The van der Waals surface area contributed by atoms with Crippen molar-refractivity contribution in [2.24, 2.45) is 5.92 Å². The van der Waals surface area contributed by atoms with Crippen LogP contribution in [0.15, 0.2) is 16.6 Å². The fraction of sp³-hybridized carbons (Fsp3) is 0.600. The first-order chi connectivity index (χ1) is 9.58. The van der Waals surface area contributed by atoms with Crippen LogP contribution in [0.4, 0.5) is 0 Å². The summed E-state index contributed by atoms with van der Waals surface area (Å²) < 4.78 is 0.963. The molecule has 1 amide bonds. The monoisotopic (exact) mass is 338 g/mol. The molecule has 4 nitrogen and oxygen atoms in total. The van der Waals surface area contributed by atoms with Crippen LogP contribution in [0.2, 0.25) is 0 Å². The number of carbonyl (C=O) groups is 1. The van der Waals surface area contributed by atoms with E-state index >= 15 is 0 Å². The second kappa shape index (κ2) is 5.45. The van der Waals surface area contributed by atoms with Gasteiger partial charge in [0.2, 0.25) is 5.91 Å². The van der Waals surface area contributed by atoms with Gasteiger partial charge in [-0.25, -0.2) is 0 Å². The molecule has 0 spiro atoms. The van der Waals surface area contributed by atoms with Gasteiger partial charge in [-0.05, 0) is 38.3 Å². The van der Waals surface area contributed by atoms with Crippen LogP contribution in [0.25, 0.3) is 0 Å². The van der Waals surface area contributed by atoms with Gasteiger partial charge in [0, 0.05) is 34.8 Å². The summed E-state index contributed by atoms with van der Waals surface area (Å²) in [6.07, 6.45) is 3.42. The SMILES string of the molecule is Cc1cc(Br)cc(CC(=O)N2C3CCC2C(CO)C3)n1. The number of fused-ring (bicyclic) bond motifs is 2. The van der Waals surface area contributed by atoms with Gasteiger partial charge >= 0.3 is 0 Å². The fourth-order valence-corrected chi connectivity index (χ4v) is 4.32. The topological polar surface area (TPSA) is 53.4 Å². The molecule has 2 fully saturated rings. The Morgan fingerprint density at radius 3 is 2.95 bits per heavy atom. The number of nitrogens with zero attached hydrogens (tertiary/aromatic N) is 2. The lowest BCUT2D eigenvalue weighted by Gasteiger charge is -2.23. The van der Waals surface area contributed by atoms with Crippen LogP contribution in [0, 0.1) is 12.8 Å². The van der Waals surface area contributed by atoms with Crippen LogP contribution in [0.5, 0.6) is 0 Å². The summed E-state index contributed by atoms with van der Waals surface area (Å²) in [6.45, 7) is 2.12. The Morgan fingerprint density at radius 1 is 1.50 bits per heavy atom. The zero-order chi connectivity index (χ0) is 14.3. The Balaban J connectivity index is 1.74. The highest BCUT2D eigenvalue weighted by Gasteiger charge is 2.47. The van der Waals surface area contributed by atoms with Crippen molar-refractivity contribution in [2.45, 2.75) is 44.7 Å². The number of aryl methyl sites for hydroxylation is 1. The predicted octanol–water partition coefficient (Wildman–Crippen LogP) is 2.07. The smallest absolute Gasteiger partial charge is 0.229 e. The summed E-state index contributed by atoms with van der Waals surface area (Å²) >= 11 is 3.45. The van der Waals surface area contributed by atoms with Gasteiger partial charge in [0.1, 0.15) is 0 Å². The van der Waals surface area contributed by atoms with Crippen molar-refractivity contribution in [2.75, 3.05) is 6.61 Å². The number of hydrogen-bond acceptors (Lipinski definition) is 3. The van der Waals surface area contributed by atoms with E-state index in [-0.39, 0.29) is 24.5 Å². The maximum Gasteiger partial charge on any atom is 0.229 e. The third-order valence-corrected chi connectivity index (χ3v) is 4.95. The zero-order valence-electron chi connectivity index (χ0n) is 11.6. The Kier molecular flexibility index (Phi) is 3.82. The molecule has 2 bridgehead atoms. The molecule has 2 aliphatic heterocycles. The van der Waals surface area contributed by atoms with E-state index < -0.39 is 0 Å². The van der Waals surface area contributed by atoms with Crippen molar-refractivity contribution >= 4 is 21.8 Å². The molecular weight excluding hydrogens is 320 g/mol. The van der Waals surface area contributed by atoms with E-state index in [1.54, 1.807) is 0 Å². The van der Waals surface area contributed by atoms with Gasteiger partial charge in [0.05, 0.1) is 12.1 Å². The first-order valence-corrected chi connectivity index (χ1v) is 7.93. The lowest BCUT2D eigenvalue weighted by molar-refractivity contribution is -0.132. The number of pyridine rings is 1. The Labute approximate surface area is 127 Å². The molecule has 0 aliphatic carbocycles. The molecule has 1 aromatic rings. The molecule has 2 saturated heterocycles. The number of hydrogen-bond donors (Lipinski definition) is 1. The van der Waals surface area contributed by atoms with Gasteiger partial charge < -0.3 is 10.0 Å². The maximum absolute atomic E-state index is 12.5. The molecule has 3 rings (SSSR count). The highest BCUT2D eigenvalue weighted by atomic mass is 79.9. The quantitative estimate of drug-likeness (QED) is 0.917. The fourth-order valence-electron chi connectivity index (χ4n) is 3.73. The number of rotatable bonds is 3. The average Bonchev–Trinajstić information content (AvgIpc) is 2.94. The van der Waals surface area contributed by atoms with Crippen molar-refractivity contribution in [1.82, 2.24) is 9.88 Å². The number of aromatic nitrogens is 1. The first-order valence-electron chi connectivity index (χ1n) is 7.13. The number of amides is 1. The van der Waals surface area contributed by atoms with Gasteiger partial charge in [-0.2, -0.15) is 0 Å². The van der Waals surface area contributed by atoms with Crippen LogP contribution >= 0.6 is 15.9 Å². The van der Waals surface area contributed by atoms with Crippen molar-refractivity contribution in [1.29, 1.82) is 0 Å². The van der Waals surface area contributed by atoms with Gasteiger partial charge in [0.25, 0.3) is 0 Å². The van der Waals surface area contributed by atoms with Gasteiger partial charge in [-0.3, -0.25) is 9.78 Å². The summed E-state index contributed by atoms with van der Waals surface area (Å²) in [5.41, 5.74) is 1.73. The molecule has 108 valence electrons. The third-order valence-electron chi connectivity index (χ3n) is 4.49. The molecule has 1 aromatic heterocycles. The van der Waals surface area contributed by atoms with E-state index in [1.807, 2.05) is 24.0 Å². The lowest BCUT2D eigenvalue weighted by atomic mass is 9.90. The van der Waals surface area contributed by atoms with Crippen molar-refractivity contribution in [3.63, 3.8) is 0 Å². The number of aliphatic hydroxyl groups excluding tert-OH is 1. The standard InChI is InChI=1S/C15H19BrN2O2/c1-9-4-11(16)6-12(17-9)7-15(20)18-13-2-3-14(18)10(5-13)8-19/h4,6,10,13-14,19H,2-3,5,7-8H2,1H3. The predicted molar refractivity (Wildman–Crippen MR) is 79.2 cm³/mol. The summed E-state index contributed by atoms with van der Waals surface area (Å²) in [5.74, 6) is 0.424. The molecule has 3 unspecified atom stereocenters. The van der Waals surface area contributed by atoms with Crippen molar-refractivity contribution in [3.8, 4) is 0 Å². The first kappa shape index (κ1) is 14.0. The summed E-state index contributed by atoms with van der Waals surface area (Å²) in [7, 11) is 0. The van der Waals surface area contributed by atoms with E-state index in [2.05, 4.69) is 20.9 Å². The van der Waals surface area contributed by atoms with Crippen LogP contribution in [-0.2, 0) is 11.2 Å². The van der Waals surface area contributed by atoms with E-state index in [0.29, 0.717) is 12.5 Å². The minimum absolute atomic E-state index is 0.151. The summed E-state index contributed by atoms with van der Waals surface area (Å²) in [5, 5.41) is 9.39. The number of aliphatic hydroxyl groups is 1. The minimum Gasteiger partial charge on any atom is -0.396 e. The maximum atomic E-state index is 12.5. The van der Waals surface area contributed by atoms with E-state index in [9.17, 15) is 9.90 Å². The molecule has 3 atom stereocenters. The van der Waals surface area contributed by atoms with Gasteiger partial charge in [0.15, 0.2) is 0 Å². The van der Waals surface area contributed by atoms with Crippen molar-refractivity contribution in [3.05, 3.63) is 28.0 Å². The van der Waals surface area contributed by atoms with Crippen LogP contribution < -0.4 is 0 Å². The Hall–Kier alpha value is -0.940. The molecular formula is C15H19BrN2O2. The molecule has 20 heavy (non-hydrogen) atoms. The van der Waals surface area contributed by atoms with E-state index in [1.165, 1.54) is 0 Å². The lowest BCUT2D eigenvalue weighted by Crippen LogP contribution is -2.38. The molecule has 0 aromatic carbocycles. The van der Waals surface area contributed by atoms with E-state index in [4.69, 9.17) is 0 Å². The second-order valence-corrected chi connectivity index (χ2v) is 6.79. The van der Waals surface area contributed by atoms with Crippen LogP contribution in [0.3, 0.4) is 0 Å². The summed E-state index contributed by atoms with van der Waals surface area (Å²) in [4.78, 5) is 19.0. The van der Waals surface area contributed by atoms with Crippen LogP contribution in [0.1, 0.15) is 30.7 Å². The van der Waals surface area contributed by atoms with Gasteiger partial charge in [-0.15, -0.1) is 0 Å². The molecule has 0 saturated carbocycles. The minimum atomic E-state index is 0.151. The Bertz CT molecular complexity index is 514. The summed E-state index contributed by atoms with van der Waals surface area (Å²) in [6, 6.07) is 4.42. The van der Waals surface area contributed by atoms with Crippen LogP contribution in [-0.4, -0.2) is 39.6 Å². The second-order valence-electron chi connectivity index (χ2n) is 5.87. The van der Waals surface area contributed by atoms with Crippen molar-refractivity contribution < 1.29 is 9.90 Å². The largest absolute Gasteiger partial charge is 0.396 e. The van der Waals surface area contributed by atoms with E-state index in [0.717, 1.165) is 35.1 Å². The third kappa shape index (κ3) is 2.49. The molecule has 1 N–H and O–H groups in total. The molecule has 2 aliphatic rings.